The molecule has 1 aliphatic heterocycles. The molecule has 1 aliphatic rings. The minimum atomic E-state index is -4.88. The van der Waals surface area contributed by atoms with E-state index in [-0.39, 0.29) is 26.0 Å². The van der Waals surface area contributed by atoms with E-state index in [1.807, 2.05) is 0 Å². The summed E-state index contributed by atoms with van der Waals surface area (Å²) in [5.41, 5.74) is 5.38. The highest BCUT2D eigenvalue weighted by Gasteiger charge is 2.55. The number of nitrogens with one attached hydrogen (secondary N) is 1. The number of aromatic nitrogens is 5. The van der Waals surface area contributed by atoms with Gasteiger partial charge in [0, 0.05) is 12.4 Å². The lowest BCUT2D eigenvalue weighted by molar-refractivity contribution is -0.140. The Morgan fingerprint density at radius 3 is 2.76 bits per heavy atom. The molecule has 4 N–H and O–H groups in total. The Hall–Kier alpha value is -2.83. The molecule has 29 heavy (non-hydrogen) atoms. The summed E-state index contributed by atoms with van der Waals surface area (Å²) in [6.45, 7) is 0. The first-order chi connectivity index (χ1) is 13.6. The number of amides is 2. The van der Waals surface area contributed by atoms with Crippen molar-refractivity contribution in [1.29, 1.82) is 0 Å². The van der Waals surface area contributed by atoms with Crippen LogP contribution in [0, 0.1) is 0 Å². The topological polar surface area (TPSA) is 208 Å². The second-order valence-corrected chi connectivity index (χ2v) is 8.61. The van der Waals surface area contributed by atoms with E-state index >= 15 is 0 Å². The van der Waals surface area contributed by atoms with Gasteiger partial charge in [0.25, 0.3) is 11.8 Å². The Balaban J connectivity index is 1.85. The van der Waals surface area contributed by atoms with E-state index in [0.717, 1.165) is 23.1 Å². The standard InChI is InChI=1S/C11H13N9O6S3/c1-19-11(15-17-18-19)28-9-6(8(22)20(9)29(23,24)25)14-7(21)5(16-26-2)4-3-27-10(12)13-4/h3,6,9H,1-2H3,(H2,12,13)(H,14,21)(H,23,24,25)/t6-,9+/m1/s1. The lowest BCUT2D eigenvalue weighted by atomic mass is 10.1. The summed E-state index contributed by atoms with van der Waals surface area (Å²) in [5.74, 6) is -1.92. The van der Waals surface area contributed by atoms with Gasteiger partial charge in [-0.3, -0.25) is 14.1 Å². The number of thioether (sulfide) groups is 1. The number of anilines is 1. The van der Waals surface area contributed by atoms with Crippen molar-refractivity contribution in [3.8, 4) is 0 Å². The molecule has 0 saturated carbocycles. The van der Waals surface area contributed by atoms with Gasteiger partial charge in [0.1, 0.15) is 24.2 Å². The minimum Gasteiger partial charge on any atom is -0.398 e. The van der Waals surface area contributed by atoms with Gasteiger partial charge in [0.15, 0.2) is 10.8 Å². The van der Waals surface area contributed by atoms with Crippen molar-refractivity contribution in [3.05, 3.63) is 11.1 Å². The molecule has 2 aromatic heterocycles. The van der Waals surface area contributed by atoms with Gasteiger partial charge in [-0.15, -0.1) is 16.4 Å². The third-order valence-electron chi connectivity index (χ3n) is 3.50. The first kappa shape index (κ1) is 20.9. The zero-order valence-corrected chi connectivity index (χ0v) is 17.1. The van der Waals surface area contributed by atoms with Crippen LogP contribution in [0.5, 0.6) is 0 Å². The molecule has 1 saturated heterocycles. The summed E-state index contributed by atoms with van der Waals surface area (Å²) in [6, 6.07) is -1.33. The third-order valence-corrected chi connectivity index (χ3v) is 6.50. The smallest absolute Gasteiger partial charge is 0.363 e. The number of hydrogen-bond acceptors (Lipinski definition) is 13. The van der Waals surface area contributed by atoms with E-state index in [1.54, 1.807) is 0 Å². The quantitative estimate of drug-likeness (QED) is 0.174. The molecule has 0 bridgehead atoms. The number of thiazole rings is 1. The number of β-lactam (4-membered cyclic amide) rings is 1. The van der Waals surface area contributed by atoms with Gasteiger partial charge in [0.05, 0.1) is 0 Å². The Morgan fingerprint density at radius 2 is 2.24 bits per heavy atom. The maximum Gasteiger partial charge on any atom is 0.363 e. The number of hydrogen-bond donors (Lipinski definition) is 3. The lowest BCUT2D eigenvalue weighted by Crippen LogP contribution is -2.71. The van der Waals surface area contributed by atoms with Crippen molar-refractivity contribution in [3.63, 3.8) is 0 Å². The highest BCUT2D eigenvalue weighted by atomic mass is 32.2. The van der Waals surface area contributed by atoms with E-state index in [4.69, 9.17) is 5.73 Å². The number of nitrogen functional groups attached to an aromatic ring is 1. The van der Waals surface area contributed by atoms with Crippen molar-refractivity contribution < 1.29 is 27.4 Å². The zero-order valence-electron chi connectivity index (χ0n) is 14.7. The molecule has 3 heterocycles. The van der Waals surface area contributed by atoms with Crippen LogP contribution in [0.4, 0.5) is 5.13 Å². The van der Waals surface area contributed by atoms with Crippen LogP contribution in [-0.2, 0) is 31.8 Å². The summed E-state index contributed by atoms with van der Waals surface area (Å²) in [7, 11) is -2.18. The van der Waals surface area contributed by atoms with Crippen LogP contribution in [0.2, 0.25) is 0 Å². The summed E-state index contributed by atoms with van der Waals surface area (Å²) >= 11 is 1.81. The van der Waals surface area contributed by atoms with Crippen molar-refractivity contribution in [2.24, 2.45) is 12.2 Å². The third kappa shape index (κ3) is 4.13. The summed E-state index contributed by atoms with van der Waals surface area (Å²) in [6.07, 6.45) is 0. The van der Waals surface area contributed by atoms with Crippen molar-refractivity contribution >= 4 is 56.1 Å². The maximum atomic E-state index is 12.6. The molecule has 0 radical (unpaired) electrons. The number of tetrazole rings is 1. The van der Waals surface area contributed by atoms with Crippen LogP contribution in [-0.4, -0.2) is 78.5 Å². The largest absolute Gasteiger partial charge is 0.398 e. The molecular weight excluding hydrogens is 450 g/mol. The Bertz CT molecular complexity index is 1080. The Morgan fingerprint density at radius 1 is 1.52 bits per heavy atom. The van der Waals surface area contributed by atoms with Crippen LogP contribution >= 0.6 is 23.1 Å². The van der Waals surface area contributed by atoms with E-state index in [1.165, 1.54) is 24.2 Å². The molecule has 156 valence electrons. The molecule has 0 aliphatic carbocycles. The Kier molecular flexibility index (Phi) is 5.68. The lowest BCUT2D eigenvalue weighted by Gasteiger charge is -2.42. The molecule has 18 heteroatoms. The van der Waals surface area contributed by atoms with Crippen LogP contribution in [0.1, 0.15) is 5.69 Å². The molecule has 1 fully saturated rings. The van der Waals surface area contributed by atoms with Gasteiger partial charge >= 0.3 is 10.3 Å². The molecule has 3 rings (SSSR count). The first-order valence-electron chi connectivity index (χ1n) is 7.46. The number of rotatable bonds is 7. The SMILES string of the molecule is CON=C(C(=O)N[C@@H]1C(=O)N(S(=O)(=O)O)[C@H]1Sc1nnnn1C)c1csc(N)n1. The number of nitrogens with two attached hydrogens (primary N) is 1. The summed E-state index contributed by atoms with van der Waals surface area (Å²) in [5, 5.41) is 17.2. The fourth-order valence-corrected chi connectivity index (χ4v) is 5.00. The molecular formula is C11H13N9O6S3. The second-order valence-electron chi connectivity index (χ2n) is 5.35. The molecule has 2 amide bonds. The first-order valence-corrected chi connectivity index (χ1v) is 10.6. The van der Waals surface area contributed by atoms with Crippen LogP contribution < -0.4 is 11.1 Å². The monoisotopic (exact) mass is 463 g/mol. The predicted octanol–water partition coefficient (Wildman–Crippen LogP) is -2.15. The van der Waals surface area contributed by atoms with E-state index in [9.17, 15) is 22.6 Å². The van der Waals surface area contributed by atoms with Crippen LogP contribution in [0.15, 0.2) is 15.7 Å². The van der Waals surface area contributed by atoms with Crippen molar-refractivity contribution in [2.45, 2.75) is 16.6 Å². The minimum absolute atomic E-state index is 0.104. The summed E-state index contributed by atoms with van der Waals surface area (Å²) < 4.78 is 33.9. The highest BCUT2D eigenvalue weighted by molar-refractivity contribution is 8.00. The van der Waals surface area contributed by atoms with Gasteiger partial charge < -0.3 is 15.9 Å². The molecule has 0 spiro atoms. The fraction of sp³-hybridized carbons (Fsp3) is 0.364. The number of oxime groups is 1. The van der Waals surface area contributed by atoms with Crippen molar-refractivity contribution in [2.75, 3.05) is 12.8 Å². The maximum absolute atomic E-state index is 12.6. The van der Waals surface area contributed by atoms with Crippen molar-refractivity contribution in [1.82, 2.24) is 34.8 Å². The van der Waals surface area contributed by atoms with Gasteiger partial charge in [-0.05, 0) is 10.4 Å². The molecule has 0 unspecified atom stereocenters. The van der Waals surface area contributed by atoms with Gasteiger partial charge in [0.2, 0.25) is 5.16 Å². The van der Waals surface area contributed by atoms with E-state index < -0.39 is 33.5 Å². The number of aryl methyl sites for hydroxylation is 1. The average Bonchev–Trinajstić information content (AvgIpc) is 3.24. The highest BCUT2D eigenvalue weighted by Crippen LogP contribution is 2.35. The number of carbonyl (C=O) groups excluding carboxylic acids is 2. The Labute approximate surface area is 171 Å². The van der Waals surface area contributed by atoms with E-state index in [0.29, 0.717) is 0 Å². The van der Waals surface area contributed by atoms with Gasteiger partial charge in [-0.1, -0.05) is 16.9 Å². The normalized spacial score (nSPS) is 19.8. The molecule has 0 aromatic carbocycles. The number of carbonyl (C=O) groups is 2. The zero-order chi connectivity index (χ0) is 21.3. The fourth-order valence-electron chi connectivity index (χ4n) is 2.26. The van der Waals surface area contributed by atoms with E-state index in [2.05, 4.69) is 35.8 Å². The summed E-state index contributed by atoms with van der Waals surface area (Å²) in [4.78, 5) is 33.5. The number of nitrogens with zero attached hydrogens (tertiary/aromatic N) is 7. The van der Waals surface area contributed by atoms with Crippen LogP contribution in [0.3, 0.4) is 0 Å². The average molecular weight is 463 g/mol. The molecule has 15 nitrogen and oxygen atoms in total. The van der Waals surface area contributed by atoms with Gasteiger partial charge in [-0.25, -0.2) is 9.67 Å². The van der Waals surface area contributed by atoms with Gasteiger partial charge in [-0.2, -0.15) is 12.7 Å². The molecule has 2 atom stereocenters. The second kappa shape index (κ2) is 7.89. The van der Waals surface area contributed by atoms with Crippen LogP contribution in [0.25, 0.3) is 0 Å². The molecule has 2 aromatic rings. The predicted molar refractivity (Wildman–Crippen MR) is 98.8 cm³/mol.